The van der Waals surface area contributed by atoms with Crippen molar-refractivity contribution in [1.82, 2.24) is 9.97 Å². The number of rotatable bonds is 3. The fraction of sp³-hybridized carbons (Fsp3) is 0.692. The van der Waals surface area contributed by atoms with E-state index in [1.807, 2.05) is 0 Å². The van der Waals surface area contributed by atoms with Gasteiger partial charge in [-0.2, -0.15) is 4.98 Å². The first-order chi connectivity index (χ1) is 9.76. The van der Waals surface area contributed by atoms with E-state index in [9.17, 15) is 5.11 Å². The van der Waals surface area contributed by atoms with E-state index in [2.05, 4.69) is 19.8 Å². The molecular weight excluding hydrogens is 280 g/mol. The number of aliphatic hydroxyl groups is 1. The average Bonchev–Trinajstić information content (AvgIpc) is 2.96. The van der Waals surface area contributed by atoms with Crippen molar-refractivity contribution in [2.45, 2.75) is 6.42 Å². The summed E-state index contributed by atoms with van der Waals surface area (Å²) in [6.45, 7) is 4.96. The van der Waals surface area contributed by atoms with Gasteiger partial charge in [-0.1, -0.05) is 11.6 Å². The summed E-state index contributed by atoms with van der Waals surface area (Å²) in [6, 6.07) is 1.80. The van der Waals surface area contributed by atoms with Crippen molar-refractivity contribution >= 4 is 23.4 Å². The van der Waals surface area contributed by atoms with Crippen molar-refractivity contribution in [3.05, 3.63) is 11.2 Å². The second-order valence-corrected chi connectivity index (χ2v) is 5.62. The first-order valence-electron chi connectivity index (χ1n) is 6.99. The van der Waals surface area contributed by atoms with Crippen molar-refractivity contribution in [1.29, 1.82) is 0 Å². The molecule has 1 aromatic heterocycles. The Bertz CT molecular complexity index is 468. The summed E-state index contributed by atoms with van der Waals surface area (Å²) in [7, 11) is 0. The van der Waals surface area contributed by atoms with Crippen LogP contribution in [-0.2, 0) is 4.74 Å². The van der Waals surface area contributed by atoms with Crippen LogP contribution in [0.1, 0.15) is 6.42 Å². The Morgan fingerprint density at radius 3 is 2.75 bits per heavy atom. The molecule has 0 saturated carbocycles. The van der Waals surface area contributed by atoms with Gasteiger partial charge in [0.1, 0.15) is 11.0 Å². The Morgan fingerprint density at radius 1 is 1.25 bits per heavy atom. The summed E-state index contributed by atoms with van der Waals surface area (Å²) in [4.78, 5) is 13.2. The normalized spacial score (nSPS) is 23.4. The molecular formula is C13H19ClN4O2. The second kappa shape index (κ2) is 6.11. The van der Waals surface area contributed by atoms with Gasteiger partial charge in [-0.25, -0.2) is 4.98 Å². The highest BCUT2D eigenvalue weighted by atomic mass is 35.5. The Morgan fingerprint density at radius 2 is 2.05 bits per heavy atom. The largest absolute Gasteiger partial charge is 0.396 e. The van der Waals surface area contributed by atoms with Crippen molar-refractivity contribution in [3.8, 4) is 0 Å². The molecule has 2 aliphatic rings. The van der Waals surface area contributed by atoms with Crippen molar-refractivity contribution < 1.29 is 9.84 Å². The van der Waals surface area contributed by atoms with E-state index in [0.717, 1.165) is 38.4 Å². The van der Waals surface area contributed by atoms with E-state index in [-0.39, 0.29) is 6.61 Å². The number of ether oxygens (including phenoxy) is 1. The van der Waals surface area contributed by atoms with Gasteiger partial charge in [0, 0.05) is 44.8 Å². The highest BCUT2D eigenvalue weighted by Crippen LogP contribution is 2.25. The van der Waals surface area contributed by atoms with Crippen LogP contribution in [-0.4, -0.2) is 61.1 Å². The SMILES string of the molecule is OC[C@@H]1CCN(c2nc(Cl)cc(N3CCOCC3)n2)C1. The molecule has 0 radical (unpaired) electrons. The molecule has 2 aliphatic heterocycles. The van der Waals surface area contributed by atoms with Gasteiger partial charge >= 0.3 is 0 Å². The third-order valence-corrected chi connectivity index (χ3v) is 4.03. The van der Waals surface area contributed by atoms with Crippen LogP contribution >= 0.6 is 11.6 Å². The lowest BCUT2D eigenvalue weighted by atomic mass is 10.1. The minimum absolute atomic E-state index is 0.216. The summed E-state index contributed by atoms with van der Waals surface area (Å²) >= 11 is 6.13. The number of aliphatic hydroxyl groups excluding tert-OH is 1. The Kier molecular flexibility index (Phi) is 4.24. The smallest absolute Gasteiger partial charge is 0.228 e. The van der Waals surface area contributed by atoms with E-state index in [4.69, 9.17) is 16.3 Å². The van der Waals surface area contributed by atoms with Crippen LogP contribution in [0.3, 0.4) is 0 Å². The summed E-state index contributed by atoms with van der Waals surface area (Å²) in [6.07, 6.45) is 0.971. The molecule has 2 saturated heterocycles. The molecule has 1 atom stereocenters. The molecule has 3 rings (SSSR count). The zero-order chi connectivity index (χ0) is 13.9. The maximum absolute atomic E-state index is 9.23. The maximum Gasteiger partial charge on any atom is 0.228 e. The molecule has 110 valence electrons. The van der Waals surface area contributed by atoms with Gasteiger partial charge in [0.2, 0.25) is 5.95 Å². The topological polar surface area (TPSA) is 61.7 Å². The van der Waals surface area contributed by atoms with Crippen LogP contribution in [0.15, 0.2) is 6.07 Å². The number of anilines is 2. The summed E-state index contributed by atoms with van der Waals surface area (Å²) in [5, 5.41) is 9.69. The third-order valence-electron chi connectivity index (χ3n) is 3.83. The number of halogens is 1. The zero-order valence-electron chi connectivity index (χ0n) is 11.3. The molecule has 0 spiro atoms. The second-order valence-electron chi connectivity index (χ2n) is 5.23. The molecule has 20 heavy (non-hydrogen) atoms. The Labute approximate surface area is 123 Å². The average molecular weight is 299 g/mol. The molecule has 0 aliphatic carbocycles. The molecule has 0 unspecified atom stereocenters. The number of aromatic nitrogens is 2. The van der Waals surface area contributed by atoms with Crippen molar-refractivity contribution in [2.75, 3.05) is 55.8 Å². The zero-order valence-corrected chi connectivity index (χ0v) is 12.1. The summed E-state index contributed by atoms with van der Waals surface area (Å²) in [5.74, 6) is 1.83. The molecule has 1 aromatic rings. The van der Waals surface area contributed by atoms with Gasteiger partial charge < -0.3 is 19.6 Å². The van der Waals surface area contributed by atoms with E-state index in [0.29, 0.717) is 30.2 Å². The number of hydrogen-bond donors (Lipinski definition) is 1. The standard InChI is InChI=1S/C13H19ClN4O2/c14-11-7-12(17-3-5-20-6-4-17)16-13(15-11)18-2-1-10(8-18)9-19/h7,10,19H,1-6,8-9H2/t10-/m1/s1. The fourth-order valence-electron chi connectivity index (χ4n) is 2.65. The van der Waals surface area contributed by atoms with Gasteiger partial charge in [0.05, 0.1) is 13.2 Å². The van der Waals surface area contributed by atoms with Crippen LogP contribution < -0.4 is 9.80 Å². The lowest BCUT2D eigenvalue weighted by Crippen LogP contribution is -2.37. The first kappa shape index (κ1) is 13.9. The summed E-state index contributed by atoms with van der Waals surface area (Å²) < 4.78 is 5.35. The first-order valence-corrected chi connectivity index (χ1v) is 7.37. The van der Waals surface area contributed by atoms with Crippen LogP contribution in [0.2, 0.25) is 5.15 Å². The van der Waals surface area contributed by atoms with Crippen LogP contribution in [0.4, 0.5) is 11.8 Å². The van der Waals surface area contributed by atoms with Gasteiger partial charge in [0.15, 0.2) is 0 Å². The Balaban J connectivity index is 1.79. The van der Waals surface area contributed by atoms with Gasteiger partial charge in [-0.3, -0.25) is 0 Å². The lowest BCUT2D eigenvalue weighted by molar-refractivity contribution is 0.122. The number of morpholine rings is 1. The van der Waals surface area contributed by atoms with E-state index < -0.39 is 0 Å². The molecule has 2 fully saturated rings. The molecule has 0 aromatic carbocycles. The van der Waals surface area contributed by atoms with Gasteiger partial charge in [-0.05, 0) is 6.42 Å². The van der Waals surface area contributed by atoms with Gasteiger partial charge in [0.25, 0.3) is 0 Å². The molecule has 7 heteroatoms. The molecule has 0 bridgehead atoms. The van der Waals surface area contributed by atoms with Gasteiger partial charge in [-0.15, -0.1) is 0 Å². The molecule has 1 N–H and O–H groups in total. The monoisotopic (exact) mass is 298 g/mol. The van der Waals surface area contributed by atoms with E-state index in [1.165, 1.54) is 0 Å². The fourth-order valence-corrected chi connectivity index (χ4v) is 2.83. The highest BCUT2D eigenvalue weighted by molar-refractivity contribution is 6.29. The van der Waals surface area contributed by atoms with Crippen LogP contribution in [0.5, 0.6) is 0 Å². The molecule has 3 heterocycles. The predicted molar refractivity (Wildman–Crippen MR) is 77.5 cm³/mol. The highest BCUT2D eigenvalue weighted by Gasteiger charge is 2.25. The third kappa shape index (κ3) is 2.97. The Hall–Kier alpha value is -1.11. The lowest BCUT2D eigenvalue weighted by Gasteiger charge is -2.28. The maximum atomic E-state index is 9.23. The predicted octanol–water partition coefficient (Wildman–Crippen LogP) is 0.785. The van der Waals surface area contributed by atoms with Crippen LogP contribution in [0, 0.1) is 5.92 Å². The summed E-state index contributed by atoms with van der Waals surface area (Å²) in [5.41, 5.74) is 0. The van der Waals surface area contributed by atoms with E-state index >= 15 is 0 Å². The van der Waals surface area contributed by atoms with Crippen molar-refractivity contribution in [2.24, 2.45) is 5.92 Å². The van der Waals surface area contributed by atoms with Crippen molar-refractivity contribution in [3.63, 3.8) is 0 Å². The molecule has 0 amide bonds. The number of hydrogen-bond acceptors (Lipinski definition) is 6. The minimum Gasteiger partial charge on any atom is -0.396 e. The number of nitrogens with zero attached hydrogens (tertiary/aromatic N) is 4. The van der Waals surface area contributed by atoms with E-state index in [1.54, 1.807) is 6.07 Å². The quantitative estimate of drug-likeness (QED) is 0.833. The van der Waals surface area contributed by atoms with Crippen LogP contribution in [0.25, 0.3) is 0 Å². The molecule has 6 nitrogen and oxygen atoms in total. The minimum atomic E-state index is 0.216.